The van der Waals surface area contributed by atoms with Gasteiger partial charge in [-0.15, -0.1) is 11.6 Å². The van der Waals surface area contributed by atoms with Crippen LogP contribution >= 0.6 is 11.6 Å². The van der Waals surface area contributed by atoms with Crippen LogP contribution in [0.4, 0.5) is 18.9 Å². The molecule has 5 heteroatoms. The monoisotopic (exact) mass is 299 g/mol. The minimum Gasteiger partial charge on any atom is -0.366 e. The van der Waals surface area contributed by atoms with Gasteiger partial charge in [0, 0.05) is 19.5 Å². The fourth-order valence-electron chi connectivity index (χ4n) is 2.00. The first-order valence-corrected chi connectivity index (χ1v) is 6.54. The number of nitrogens with zero attached hydrogens (tertiary/aromatic N) is 1. The van der Waals surface area contributed by atoms with Gasteiger partial charge in [-0.3, -0.25) is 0 Å². The summed E-state index contributed by atoms with van der Waals surface area (Å²) in [6.07, 6.45) is 0. The SMILES string of the molecule is CN(Cc1ccc(F)cc1)c1c(F)cc(CCl)cc1F. The molecule has 0 saturated carbocycles. The van der Waals surface area contributed by atoms with Gasteiger partial charge in [0.2, 0.25) is 0 Å². The topological polar surface area (TPSA) is 3.24 Å². The van der Waals surface area contributed by atoms with Crippen LogP contribution in [0.15, 0.2) is 36.4 Å². The van der Waals surface area contributed by atoms with Gasteiger partial charge in [-0.1, -0.05) is 12.1 Å². The lowest BCUT2D eigenvalue weighted by Gasteiger charge is -2.21. The average molecular weight is 300 g/mol. The van der Waals surface area contributed by atoms with Gasteiger partial charge in [-0.2, -0.15) is 0 Å². The highest BCUT2D eigenvalue weighted by Gasteiger charge is 2.15. The molecule has 106 valence electrons. The Kier molecular flexibility index (Phi) is 4.55. The van der Waals surface area contributed by atoms with Crippen molar-refractivity contribution in [1.82, 2.24) is 0 Å². The van der Waals surface area contributed by atoms with Crippen molar-refractivity contribution < 1.29 is 13.2 Å². The Morgan fingerprint density at radius 1 is 0.950 bits per heavy atom. The third-order valence-corrected chi connectivity index (χ3v) is 3.25. The summed E-state index contributed by atoms with van der Waals surface area (Å²) < 4.78 is 40.6. The average Bonchev–Trinajstić information content (AvgIpc) is 2.40. The summed E-state index contributed by atoms with van der Waals surface area (Å²) in [4.78, 5) is 1.44. The second-order valence-electron chi connectivity index (χ2n) is 4.52. The molecule has 0 unspecified atom stereocenters. The number of halogens is 4. The number of hydrogen-bond acceptors (Lipinski definition) is 1. The summed E-state index contributed by atoms with van der Waals surface area (Å²) in [7, 11) is 1.57. The van der Waals surface area contributed by atoms with Gasteiger partial charge in [0.1, 0.15) is 23.1 Å². The highest BCUT2D eigenvalue weighted by Crippen LogP contribution is 2.26. The van der Waals surface area contributed by atoms with Crippen LogP contribution in [0.1, 0.15) is 11.1 Å². The van der Waals surface area contributed by atoms with Crippen LogP contribution < -0.4 is 4.90 Å². The first-order valence-electron chi connectivity index (χ1n) is 6.00. The second-order valence-corrected chi connectivity index (χ2v) is 4.79. The largest absolute Gasteiger partial charge is 0.366 e. The molecular weight excluding hydrogens is 287 g/mol. The molecule has 0 aromatic heterocycles. The molecule has 0 heterocycles. The molecule has 0 atom stereocenters. The van der Waals surface area contributed by atoms with E-state index in [1.165, 1.54) is 29.2 Å². The number of alkyl halides is 1. The molecule has 2 rings (SSSR count). The van der Waals surface area contributed by atoms with Crippen molar-refractivity contribution >= 4 is 17.3 Å². The third-order valence-electron chi connectivity index (χ3n) is 2.95. The highest BCUT2D eigenvalue weighted by molar-refractivity contribution is 6.17. The predicted molar refractivity (Wildman–Crippen MR) is 74.4 cm³/mol. The second kappa shape index (κ2) is 6.18. The Labute approximate surface area is 120 Å². The van der Waals surface area contributed by atoms with Gasteiger partial charge in [0.05, 0.1) is 0 Å². The number of benzene rings is 2. The summed E-state index contributed by atoms with van der Waals surface area (Å²) in [6.45, 7) is 0.272. The summed E-state index contributed by atoms with van der Waals surface area (Å²) in [6, 6.07) is 8.21. The fourth-order valence-corrected chi connectivity index (χ4v) is 2.16. The lowest BCUT2D eigenvalue weighted by atomic mass is 10.1. The summed E-state index contributed by atoms with van der Waals surface area (Å²) in [5, 5.41) is 0. The Morgan fingerprint density at radius 2 is 1.50 bits per heavy atom. The zero-order chi connectivity index (χ0) is 14.7. The fraction of sp³-hybridized carbons (Fsp3) is 0.200. The lowest BCUT2D eigenvalue weighted by molar-refractivity contribution is 0.574. The number of rotatable bonds is 4. The van der Waals surface area contributed by atoms with Crippen molar-refractivity contribution in [2.45, 2.75) is 12.4 Å². The molecule has 0 aliphatic rings. The van der Waals surface area contributed by atoms with Crippen LogP contribution in [-0.2, 0) is 12.4 Å². The first kappa shape index (κ1) is 14.7. The number of hydrogen-bond donors (Lipinski definition) is 0. The van der Waals surface area contributed by atoms with Gasteiger partial charge < -0.3 is 4.90 Å². The molecular formula is C15H13ClF3N. The number of anilines is 1. The van der Waals surface area contributed by atoms with Crippen molar-refractivity contribution in [2.24, 2.45) is 0 Å². The minimum absolute atomic E-state index is 0.0514. The molecule has 0 N–H and O–H groups in total. The molecule has 0 amide bonds. The van der Waals surface area contributed by atoms with Gasteiger partial charge in [0.15, 0.2) is 0 Å². The van der Waals surface area contributed by atoms with Crippen molar-refractivity contribution in [2.75, 3.05) is 11.9 Å². The van der Waals surface area contributed by atoms with Gasteiger partial charge in [-0.05, 0) is 35.4 Å². The van der Waals surface area contributed by atoms with E-state index >= 15 is 0 Å². The van der Waals surface area contributed by atoms with Crippen LogP contribution in [0, 0.1) is 17.5 Å². The summed E-state index contributed by atoms with van der Waals surface area (Å²) >= 11 is 5.56. The molecule has 0 radical (unpaired) electrons. The Bertz CT molecular complexity index is 576. The molecule has 0 aliphatic heterocycles. The van der Waals surface area contributed by atoms with E-state index < -0.39 is 11.6 Å². The van der Waals surface area contributed by atoms with E-state index in [0.717, 1.165) is 5.56 Å². The van der Waals surface area contributed by atoms with E-state index in [1.807, 2.05) is 0 Å². The predicted octanol–water partition coefficient (Wildman–Crippen LogP) is 4.48. The Morgan fingerprint density at radius 3 is 2.00 bits per heavy atom. The van der Waals surface area contributed by atoms with E-state index in [9.17, 15) is 13.2 Å². The van der Waals surface area contributed by atoms with Gasteiger partial charge in [0.25, 0.3) is 0 Å². The third kappa shape index (κ3) is 3.25. The minimum atomic E-state index is -0.662. The maximum atomic E-state index is 13.9. The Hall–Kier alpha value is -1.68. The molecule has 0 saturated heterocycles. The van der Waals surface area contributed by atoms with Crippen LogP contribution in [0.5, 0.6) is 0 Å². The van der Waals surface area contributed by atoms with E-state index in [2.05, 4.69) is 0 Å². The smallest absolute Gasteiger partial charge is 0.149 e. The molecule has 2 aromatic rings. The summed E-state index contributed by atoms with van der Waals surface area (Å²) in [5.41, 5.74) is 1.03. The van der Waals surface area contributed by atoms with Crippen molar-refractivity contribution in [3.05, 3.63) is 65.0 Å². The molecule has 0 fully saturated rings. The molecule has 2 aromatic carbocycles. The van der Waals surface area contributed by atoms with Crippen molar-refractivity contribution in [3.63, 3.8) is 0 Å². The van der Waals surface area contributed by atoms with E-state index in [0.29, 0.717) is 5.56 Å². The maximum Gasteiger partial charge on any atom is 0.149 e. The maximum absolute atomic E-state index is 13.9. The van der Waals surface area contributed by atoms with E-state index in [1.54, 1.807) is 19.2 Å². The Balaban J connectivity index is 2.25. The van der Waals surface area contributed by atoms with E-state index in [-0.39, 0.29) is 23.9 Å². The zero-order valence-electron chi connectivity index (χ0n) is 10.8. The molecule has 0 bridgehead atoms. The van der Waals surface area contributed by atoms with Crippen molar-refractivity contribution in [1.29, 1.82) is 0 Å². The molecule has 20 heavy (non-hydrogen) atoms. The summed E-state index contributed by atoms with van der Waals surface area (Å²) in [5.74, 6) is -1.62. The van der Waals surface area contributed by atoms with E-state index in [4.69, 9.17) is 11.6 Å². The normalized spacial score (nSPS) is 10.7. The van der Waals surface area contributed by atoms with Crippen LogP contribution in [-0.4, -0.2) is 7.05 Å². The molecule has 1 nitrogen and oxygen atoms in total. The standard InChI is InChI=1S/C15H13ClF3N/c1-20(9-10-2-4-12(17)5-3-10)15-13(18)6-11(8-16)7-14(15)19/h2-7H,8-9H2,1H3. The molecule has 0 spiro atoms. The van der Waals surface area contributed by atoms with Gasteiger partial charge >= 0.3 is 0 Å². The van der Waals surface area contributed by atoms with Crippen LogP contribution in [0.3, 0.4) is 0 Å². The zero-order valence-corrected chi connectivity index (χ0v) is 11.6. The van der Waals surface area contributed by atoms with Gasteiger partial charge in [-0.25, -0.2) is 13.2 Å². The first-order chi connectivity index (χ1) is 9.51. The van der Waals surface area contributed by atoms with Crippen LogP contribution in [0.2, 0.25) is 0 Å². The quantitative estimate of drug-likeness (QED) is 0.752. The highest BCUT2D eigenvalue weighted by atomic mass is 35.5. The van der Waals surface area contributed by atoms with Crippen LogP contribution in [0.25, 0.3) is 0 Å². The lowest BCUT2D eigenvalue weighted by Crippen LogP contribution is -2.19. The van der Waals surface area contributed by atoms with Crippen molar-refractivity contribution in [3.8, 4) is 0 Å². The molecule has 0 aliphatic carbocycles.